The molecular formula is C19H20F3N3O2. The molecule has 0 radical (unpaired) electrons. The van der Waals surface area contributed by atoms with Gasteiger partial charge in [-0.15, -0.1) is 0 Å². The Labute approximate surface area is 155 Å². The lowest BCUT2D eigenvalue weighted by Gasteiger charge is -2.34. The standard InChI is InChI=1S/C19H20F3N3O2/c20-19(21,22)14-27-17-5-3-16(4-6-17)18(26)25-10-8-24(9-11-25)13-15-2-1-7-23-12-15/h1-7,12H,8-11,13-14H2. The van der Waals surface area contributed by atoms with Crippen LogP contribution in [0.3, 0.4) is 0 Å². The number of aromatic nitrogens is 1. The maximum Gasteiger partial charge on any atom is 0.422 e. The zero-order valence-corrected chi connectivity index (χ0v) is 14.7. The Kier molecular flexibility index (Phi) is 5.95. The van der Waals surface area contributed by atoms with Gasteiger partial charge in [0.15, 0.2) is 6.61 Å². The molecule has 0 bridgehead atoms. The van der Waals surface area contributed by atoms with Crippen molar-refractivity contribution in [1.82, 2.24) is 14.8 Å². The van der Waals surface area contributed by atoms with Crippen molar-refractivity contribution < 1.29 is 22.7 Å². The van der Waals surface area contributed by atoms with Gasteiger partial charge >= 0.3 is 6.18 Å². The molecule has 0 aliphatic carbocycles. The largest absolute Gasteiger partial charge is 0.484 e. The summed E-state index contributed by atoms with van der Waals surface area (Å²) in [6.45, 7) is 2.16. The third kappa shape index (κ3) is 5.68. The number of nitrogens with zero attached hydrogens (tertiary/aromatic N) is 3. The molecule has 0 spiro atoms. The van der Waals surface area contributed by atoms with Crippen LogP contribution in [0.1, 0.15) is 15.9 Å². The first kappa shape index (κ1) is 19.2. The second kappa shape index (κ2) is 8.39. The van der Waals surface area contributed by atoms with Gasteiger partial charge in [0.2, 0.25) is 0 Å². The summed E-state index contributed by atoms with van der Waals surface area (Å²) in [7, 11) is 0. The van der Waals surface area contributed by atoms with Crippen LogP contribution in [0.4, 0.5) is 13.2 Å². The van der Waals surface area contributed by atoms with Crippen LogP contribution in [0.5, 0.6) is 5.75 Å². The van der Waals surface area contributed by atoms with Gasteiger partial charge in [0.25, 0.3) is 5.91 Å². The number of rotatable bonds is 5. The van der Waals surface area contributed by atoms with E-state index in [9.17, 15) is 18.0 Å². The minimum atomic E-state index is -4.38. The lowest BCUT2D eigenvalue weighted by Crippen LogP contribution is -2.48. The Morgan fingerprint density at radius 3 is 2.37 bits per heavy atom. The van der Waals surface area contributed by atoms with Gasteiger partial charge < -0.3 is 9.64 Å². The lowest BCUT2D eigenvalue weighted by atomic mass is 10.1. The van der Waals surface area contributed by atoms with E-state index in [0.29, 0.717) is 18.7 Å². The predicted molar refractivity (Wildman–Crippen MR) is 93.4 cm³/mol. The van der Waals surface area contributed by atoms with E-state index in [1.165, 1.54) is 24.3 Å². The summed E-state index contributed by atoms with van der Waals surface area (Å²) in [5, 5.41) is 0. The second-order valence-electron chi connectivity index (χ2n) is 6.36. The van der Waals surface area contributed by atoms with Crippen LogP contribution in [0.2, 0.25) is 0 Å². The third-order valence-electron chi connectivity index (χ3n) is 4.29. The minimum Gasteiger partial charge on any atom is -0.484 e. The predicted octanol–water partition coefficient (Wildman–Crippen LogP) is 2.98. The first-order valence-electron chi connectivity index (χ1n) is 8.61. The quantitative estimate of drug-likeness (QED) is 0.801. The molecule has 1 aliphatic rings. The van der Waals surface area contributed by atoms with Crippen LogP contribution >= 0.6 is 0 Å². The molecule has 0 N–H and O–H groups in total. The van der Waals surface area contributed by atoms with Gasteiger partial charge in [0.1, 0.15) is 5.75 Å². The smallest absolute Gasteiger partial charge is 0.422 e. The van der Waals surface area contributed by atoms with Crippen molar-refractivity contribution in [3.63, 3.8) is 0 Å². The van der Waals surface area contributed by atoms with E-state index in [4.69, 9.17) is 0 Å². The number of carbonyl (C=O) groups is 1. The molecular weight excluding hydrogens is 359 g/mol. The molecule has 0 atom stereocenters. The summed E-state index contributed by atoms with van der Waals surface area (Å²) in [5.41, 5.74) is 1.57. The van der Waals surface area contributed by atoms with Crippen molar-refractivity contribution in [1.29, 1.82) is 0 Å². The van der Waals surface area contributed by atoms with E-state index in [1.807, 2.05) is 18.3 Å². The van der Waals surface area contributed by atoms with Crippen molar-refractivity contribution >= 4 is 5.91 Å². The van der Waals surface area contributed by atoms with E-state index in [0.717, 1.165) is 25.2 Å². The van der Waals surface area contributed by atoms with Crippen LogP contribution in [0, 0.1) is 0 Å². The van der Waals surface area contributed by atoms with Crippen molar-refractivity contribution in [2.24, 2.45) is 0 Å². The van der Waals surface area contributed by atoms with Crippen molar-refractivity contribution in [3.05, 3.63) is 59.9 Å². The summed E-state index contributed by atoms with van der Waals surface area (Å²) in [4.78, 5) is 20.7. The number of piperazine rings is 1. The Bertz CT molecular complexity index is 743. The van der Waals surface area contributed by atoms with E-state index >= 15 is 0 Å². The fraction of sp³-hybridized carbons (Fsp3) is 0.368. The lowest BCUT2D eigenvalue weighted by molar-refractivity contribution is -0.153. The molecule has 2 aromatic rings. The molecule has 1 amide bonds. The number of carbonyl (C=O) groups excluding carboxylic acids is 1. The van der Waals surface area contributed by atoms with E-state index in [2.05, 4.69) is 14.6 Å². The zero-order chi connectivity index (χ0) is 19.3. The molecule has 5 nitrogen and oxygen atoms in total. The molecule has 2 heterocycles. The average Bonchev–Trinajstić information content (AvgIpc) is 2.67. The topological polar surface area (TPSA) is 45.7 Å². The van der Waals surface area contributed by atoms with Gasteiger partial charge in [0.05, 0.1) is 0 Å². The van der Waals surface area contributed by atoms with Crippen LogP contribution in [-0.4, -0.2) is 59.7 Å². The highest BCUT2D eigenvalue weighted by molar-refractivity contribution is 5.94. The number of ether oxygens (including phenoxy) is 1. The number of hydrogen-bond donors (Lipinski definition) is 0. The molecule has 1 aliphatic heterocycles. The van der Waals surface area contributed by atoms with Gasteiger partial charge in [-0.05, 0) is 35.9 Å². The molecule has 0 saturated carbocycles. The maximum atomic E-state index is 12.6. The van der Waals surface area contributed by atoms with E-state index < -0.39 is 12.8 Å². The third-order valence-corrected chi connectivity index (χ3v) is 4.29. The van der Waals surface area contributed by atoms with Gasteiger partial charge in [-0.1, -0.05) is 6.07 Å². The Balaban J connectivity index is 1.50. The molecule has 8 heteroatoms. The Hall–Kier alpha value is -2.61. The number of pyridine rings is 1. The number of halogens is 3. The second-order valence-corrected chi connectivity index (χ2v) is 6.36. The highest BCUT2D eigenvalue weighted by atomic mass is 19.4. The monoisotopic (exact) mass is 379 g/mol. The van der Waals surface area contributed by atoms with Gasteiger partial charge in [-0.3, -0.25) is 14.7 Å². The summed E-state index contributed by atoms with van der Waals surface area (Å²) in [6.07, 6.45) is -0.816. The van der Waals surface area contributed by atoms with Crippen LogP contribution in [0.25, 0.3) is 0 Å². The molecule has 0 unspecified atom stereocenters. The zero-order valence-electron chi connectivity index (χ0n) is 14.7. The number of amides is 1. The van der Waals surface area contributed by atoms with Crippen molar-refractivity contribution in [3.8, 4) is 5.75 Å². The first-order valence-corrected chi connectivity index (χ1v) is 8.61. The average molecular weight is 379 g/mol. The van der Waals surface area contributed by atoms with Gasteiger partial charge in [-0.2, -0.15) is 13.2 Å². The Morgan fingerprint density at radius 2 is 1.78 bits per heavy atom. The molecule has 3 rings (SSSR count). The van der Waals surface area contributed by atoms with E-state index in [-0.39, 0.29) is 11.7 Å². The molecule has 144 valence electrons. The highest BCUT2D eigenvalue weighted by Gasteiger charge is 2.28. The van der Waals surface area contributed by atoms with Crippen molar-refractivity contribution in [2.75, 3.05) is 32.8 Å². The van der Waals surface area contributed by atoms with Crippen LogP contribution in [0.15, 0.2) is 48.8 Å². The Morgan fingerprint density at radius 1 is 1.07 bits per heavy atom. The fourth-order valence-corrected chi connectivity index (χ4v) is 2.90. The minimum absolute atomic E-state index is 0.0881. The normalized spacial score (nSPS) is 15.6. The first-order chi connectivity index (χ1) is 12.9. The number of benzene rings is 1. The molecule has 1 fully saturated rings. The summed E-state index contributed by atoms with van der Waals surface area (Å²) in [5.74, 6) is -0.0384. The van der Waals surface area contributed by atoms with Gasteiger partial charge in [-0.25, -0.2) is 0 Å². The van der Waals surface area contributed by atoms with Gasteiger partial charge in [0, 0.05) is 50.7 Å². The van der Waals surface area contributed by atoms with E-state index in [1.54, 1.807) is 11.1 Å². The molecule has 27 heavy (non-hydrogen) atoms. The fourth-order valence-electron chi connectivity index (χ4n) is 2.90. The SMILES string of the molecule is O=C(c1ccc(OCC(F)(F)F)cc1)N1CCN(Cc2cccnc2)CC1. The highest BCUT2D eigenvalue weighted by Crippen LogP contribution is 2.19. The summed E-state index contributed by atoms with van der Waals surface area (Å²) < 4.78 is 41.2. The van der Waals surface area contributed by atoms with Crippen LogP contribution < -0.4 is 4.74 Å². The summed E-state index contributed by atoms with van der Waals surface area (Å²) >= 11 is 0. The summed E-state index contributed by atoms with van der Waals surface area (Å²) in [6, 6.07) is 9.69. The van der Waals surface area contributed by atoms with Crippen molar-refractivity contribution in [2.45, 2.75) is 12.7 Å². The number of hydrogen-bond acceptors (Lipinski definition) is 4. The number of alkyl halides is 3. The molecule has 1 aromatic carbocycles. The van der Waals surface area contributed by atoms with Crippen LogP contribution in [-0.2, 0) is 6.54 Å². The molecule has 1 aromatic heterocycles. The maximum absolute atomic E-state index is 12.6. The molecule has 1 saturated heterocycles.